The van der Waals surface area contributed by atoms with E-state index in [-0.39, 0.29) is 44.3 Å². The molecule has 2 unspecified atom stereocenters. The summed E-state index contributed by atoms with van der Waals surface area (Å²) < 4.78 is 0. The second-order valence-electron chi connectivity index (χ2n) is 9.81. The molecule has 0 aromatic heterocycles. The van der Waals surface area contributed by atoms with Crippen LogP contribution < -0.4 is 35.4 Å². The van der Waals surface area contributed by atoms with E-state index in [9.17, 15) is 0 Å². The van der Waals surface area contributed by atoms with Gasteiger partial charge in [-0.2, -0.15) is 0 Å². The van der Waals surface area contributed by atoms with Crippen LogP contribution in [0.3, 0.4) is 0 Å². The Labute approximate surface area is 205 Å². The summed E-state index contributed by atoms with van der Waals surface area (Å²) in [5.41, 5.74) is 4.96. The summed E-state index contributed by atoms with van der Waals surface area (Å²) in [6.45, 7) is 7.72. The van der Waals surface area contributed by atoms with Crippen molar-refractivity contribution in [1.82, 2.24) is 10.6 Å². The molecular formula is C23H42Cl2N2PRu+. The summed E-state index contributed by atoms with van der Waals surface area (Å²) in [4.78, 5) is 0. The van der Waals surface area contributed by atoms with Gasteiger partial charge in [0.1, 0.15) is 0 Å². The fourth-order valence-corrected chi connectivity index (χ4v) is 13.6. The van der Waals surface area contributed by atoms with Crippen molar-refractivity contribution in [3.63, 3.8) is 0 Å². The van der Waals surface area contributed by atoms with Gasteiger partial charge in [0, 0.05) is 32.9 Å². The predicted octanol–water partition coefficient (Wildman–Crippen LogP) is -0.102. The molecule has 0 amide bonds. The average molecular weight is 550 g/mol. The fourth-order valence-electron chi connectivity index (χ4n) is 7.10. The van der Waals surface area contributed by atoms with E-state index in [1.165, 1.54) is 63.6 Å². The number of nitrogens with one attached hydrogen (secondary N) is 2. The van der Waals surface area contributed by atoms with Crippen molar-refractivity contribution in [2.45, 2.75) is 107 Å². The summed E-state index contributed by atoms with van der Waals surface area (Å²) in [5, 5.41) is 7.34. The van der Waals surface area contributed by atoms with Crippen molar-refractivity contribution >= 4 is 7.26 Å². The minimum atomic E-state index is -0.919. The number of rotatable bonds is 3. The number of hydrogen-bond donors (Lipinski definition) is 2. The molecule has 1 heterocycles. The average Bonchev–Trinajstić information content (AvgIpc) is 3.23. The molecule has 0 aromatic carbocycles. The molecule has 0 radical (unpaired) electrons. The van der Waals surface area contributed by atoms with Crippen LogP contribution in [0.2, 0.25) is 0 Å². The molecule has 0 spiro atoms. The van der Waals surface area contributed by atoms with Gasteiger partial charge in [-0.15, -0.1) is 0 Å². The van der Waals surface area contributed by atoms with Crippen molar-refractivity contribution in [3.8, 4) is 0 Å². The van der Waals surface area contributed by atoms with Crippen molar-refractivity contribution < 1.29 is 44.3 Å². The van der Waals surface area contributed by atoms with Crippen LogP contribution in [0.25, 0.3) is 0 Å². The van der Waals surface area contributed by atoms with Crippen LogP contribution in [0.15, 0.2) is 11.4 Å². The van der Waals surface area contributed by atoms with Gasteiger partial charge in [-0.25, -0.2) is 0 Å². The van der Waals surface area contributed by atoms with Crippen LogP contribution in [0.4, 0.5) is 0 Å². The largest absolute Gasteiger partial charge is 2.00 e. The SMILES string of the molecule is CC1C(=C2NCCN2)CCCC1[P+](C)(C1CCCCC1)C1CCCCC1.[Cl-].[Cl-].[Ru+2]. The molecule has 4 aliphatic rings. The first-order valence-corrected chi connectivity index (χ1v) is 14.2. The van der Waals surface area contributed by atoms with Crippen molar-refractivity contribution in [2.24, 2.45) is 5.92 Å². The van der Waals surface area contributed by atoms with Crippen molar-refractivity contribution in [3.05, 3.63) is 11.4 Å². The van der Waals surface area contributed by atoms with Crippen molar-refractivity contribution in [1.29, 1.82) is 0 Å². The molecule has 0 bridgehead atoms. The quantitative estimate of drug-likeness (QED) is 0.380. The monoisotopic (exact) mass is 549 g/mol. The Morgan fingerprint density at radius 3 is 1.69 bits per heavy atom. The van der Waals surface area contributed by atoms with Crippen molar-refractivity contribution in [2.75, 3.05) is 19.8 Å². The van der Waals surface area contributed by atoms with Crippen LogP contribution in [0.1, 0.15) is 90.4 Å². The molecule has 6 heteroatoms. The molecular weight excluding hydrogens is 507 g/mol. The molecule has 2 nitrogen and oxygen atoms in total. The third kappa shape index (κ3) is 5.86. The van der Waals surface area contributed by atoms with E-state index in [0.29, 0.717) is 0 Å². The van der Waals surface area contributed by atoms with Gasteiger partial charge in [-0.1, -0.05) is 19.8 Å². The third-order valence-corrected chi connectivity index (χ3v) is 14.9. The summed E-state index contributed by atoms with van der Waals surface area (Å²) in [6, 6.07) is 0. The molecule has 3 aliphatic carbocycles. The summed E-state index contributed by atoms with van der Waals surface area (Å²) in [5.74, 6) is 2.24. The third-order valence-electron chi connectivity index (χ3n) is 8.56. The molecule has 29 heavy (non-hydrogen) atoms. The van der Waals surface area contributed by atoms with E-state index >= 15 is 0 Å². The molecule has 2 atom stereocenters. The first-order valence-electron chi connectivity index (χ1n) is 11.8. The zero-order valence-corrected chi connectivity index (χ0v) is 22.6. The number of allylic oxidation sites excluding steroid dienone is 1. The molecule has 170 valence electrons. The Hall–Kier alpha value is 0.973. The fraction of sp³-hybridized carbons (Fsp3) is 0.913. The molecule has 1 saturated heterocycles. The summed E-state index contributed by atoms with van der Waals surface area (Å²) >= 11 is 0. The molecule has 4 fully saturated rings. The van der Waals surface area contributed by atoms with Crippen LogP contribution in [0, 0.1) is 5.92 Å². The van der Waals surface area contributed by atoms with Crippen LogP contribution >= 0.6 is 7.26 Å². The smallest absolute Gasteiger partial charge is 1.00 e. The second kappa shape index (κ2) is 12.9. The van der Waals surface area contributed by atoms with Gasteiger partial charge in [-0.3, -0.25) is 0 Å². The number of halogens is 2. The van der Waals surface area contributed by atoms with Gasteiger partial charge in [0.25, 0.3) is 0 Å². The van der Waals surface area contributed by atoms with Gasteiger partial charge >= 0.3 is 19.5 Å². The maximum absolute atomic E-state index is 3.67. The topological polar surface area (TPSA) is 24.1 Å². The molecule has 2 N–H and O–H groups in total. The van der Waals surface area contributed by atoms with Gasteiger partial charge in [0.2, 0.25) is 0 Å². The van der Waals surface area contributed by atoms with E-state index < -0.39 is 7.26 Å². The maximum Gasteiger partial charge on any atom is 2.00 e. The van der Waals surface area contributed by atoms with E-state index in [2.05, 4.69) is 24.2 Å². The Bertz CT molecular complexity index is 493. The zero-order valence-electron chi connectivity index (χ0n) is 18.5. The molecule has 4 rings (SSSR count). The molecule has 0 aromatic rings. The predicted molar refractivity (Wildman–Crippen MR) is 116 cm³/mol. The Morgan fingerprint density at radius 1 is 0.724 bits per heavy atom. The van der Waals surface area contributed by atoms with E-state index in [1.807, 2.05) is 0 Å². The molecule has 1 aliphatic heterocycles. The van der Waals surface area contributed by atoms with Crippen LogP contribution in [0.5, 0.6) is 0 Å². The van der Waals surface area contributed by atoms with E-state index in [4.69, 9.17) is 0 Å². The minimum Gasteiger partial charge on any atom is -1.00 e. The van der Waals surface area contributed by atoms with E-state index in [0.717, 1.165) is 36.0 Å². The van der Waals surface area contributed by atoms with Gasteiger partial charge in [0.05, 0.1) is 22.8 Å². The zero-order chi connectivity index (χ0) is 18.0. The van der Waals surface area contributed by atoms with Gasteiger partial charge in [0.15, 0.2) is 0 Å². The maximum atomic E-state index is 3.67. The summed E-state index contributed by atoms with van der Waals surface area (Å²) in [7, 11) is -0.919. The Kier molecular flexibility index (Phi) is 12.4. The first kappa shape index (κ1) is 28.0. The minimum absolute atomic E-state index is 0. The normalized spacial score (nSPS) is 29.0. The standard InChI is InChI=1S/C23H42N2P.2ClH.Ru/c1-18-21(23-24-16-17-25-23)14-9-15-22(18)26(2,19-10-5-3-6-11-19)20-12-7-4-8-13-20;;;/h18-20,22,24-25H,3-17H2,1-2H3;2*1H;/q+1;;;+2/p-2. The first-order chi connectivity index (χ1) is 12.7. The van der Waals surface area contributed by atoms with E-state index in [1.54, 1.807) is 31.3 Å². The Morgan fingerprint density at radius 2 is 1.21 bits per heavy atom. The van der Waals surface area contributed by atoms with Gasteiger partial charge < -0.3 is 35.4 Å². The van der Waals surface area contributed by atoms with Crippen LogP contribution in [-0.2, 0) is 19.5 Å². The number of hydrogen-bond acceptors (Lipinski definition) is 2. The second-order valence-corrected chi connectivity index (χ2v) is 14.4. The molecule has 3 saturated carbocycles. The Balaban J connectivity index is 0.00000140. The van der Waals surface area contributed by atoms with Crippen LogP contribution in [-0.4, -0.2) is 36.7 Å². The summed E-state index contributed by atoms with van der Waals surface area (Å²) in [6.07, 6.45) is 19.6. The van der Waals surface area contributed by atoms with Gasteiger partial charge in [-0.05, 0) is 76.2 Å².